The van der Waals surface area contributed by atoms with Crippen molar-refractivity contribution >= 4 is 30.0 Å². The zero-order valence-electron chi connectivity index (χ0n) is 15.4. The Balaban J connectivity index is 1.90. The number of rotatable bonds is 6. The summed E-state index contributed by atoms with van der Waals surface area (Å²) >= 11 is 0. The fourth-order valence-corrected chi connectivity index (χ4v) is 2.67. The van der Waals surface area contributed by atoms with Gasteiger partial charge in [0.25, 0.3) is 5.91 Å². The maximum Gasteiger partial charge on any atom is 0.471 e. The number of imide groups is 1. The summed E-state index contributed by atoms with van der Waals surface area (Å²) in [6.07, 6.45) is -6.19. The molecule has 3 atom stereocenters. The van der Waals surface area contributed by atoms with Crippen LogP contribution in [-0.2, 0) is 19.1 Å². The molecule has 0 bridgehead atoms. The van der Waals surface area contributed by atoms with Gasteiger partial charge in [-0.05, 0) is 6.08 Å². The number of nitrogens with zero attached hydrogens (tertiary/aromatic N) is 2. The lowest BCUT2D eigenvalue weighted by molar-refractivity contribution is -0.173. The summed E-state index contributed by atoms with van der Waals surface area (Å²) in [6.45, 7) is -1.24. The molecule has 0 saturated carbocycles. The Labute approximate surface area is 167 Å². The second kappa shape index (κ2) is 9.77. The standard InChI is InChI=1S/C16H19F3N4O7/c17-16(18,19)14(28)21-4-2-11(26)20-3-1-8-6-23(15(29)22-13(8)27)12-5-9(25)10(7-24)30-12/h1,3,9-10,12,24-25H,2,4-7H2,(H,21,28)(H,22,27,29)/t9-,10+,12+/m0/s1. The molecule has 2 rings (SSSR count). The first-order valence-electron chi connectivity index (χ1n) is 8.70. The summed E-state index contributed by atoms with van der Waals surface area (Å²) in [6, 6.07) is -0.763. The van der Waals surface area contributed by atoms with Crippen molar-refractivity contribution in [1.29, 1.82) is 0 Å². The van der Waals surface area contributed by atoms with Crippen LogP contribution < -0.4 is 10.6 Å². The van der Waals surface area contributed by atoms with Gasteiger partial charge in [-0.2, -0.15) is 13.2 Å². The topological polar surface area (TPSA) is 158 Å². The number of aliphatic imine (C=N–C) groups is 1. The van der Waals surface area contributed by atoms with Crippen molar-refractivity contribution in [2.75, 3.05) is 19.7 Å². The number of halogens is 3. The van der Waals surface area contributed by atoms with Gasteiger partial charge in [0.1, 0.15) is 12.3 Å². The Morgan fingerprint density at radius 3 is 2.67 bits per heavy atom. The van der Waals surface area contributed by atoms with E-state index in [1.807, 2.05) is 0 Å². The van der Waals surface area contributed by atoms with Crippen LogP contribution in [0.2, 0.25) is 0 Å². The number of urea groups is 1. The Morgan fingerprint density at radius 1 is 1.37 bits per heavy atom. The molecule has 30 heavy (non-hydrogen) atoms. The number of carbonyl (C=O) groups is 4. The van der Waals surface area contributed by atoms with Crippen molar-refractivity contribution < 1.29 is 47.3 Å². The van der Waals surface area contributed by atoms with E-state index in [0.29, 0.717) is 0 Å². The Bertz CT molecular complexity index is 768. The van der Waals surface area contributed by atoms with Gasteiger partial charge in [0.15, 0.2) is 0 Å². The highest BCUT2D eigenvalue weighted by atomic mass is 19.4. The molecule has 0 spiro atoms. The molecule has 0 unspecified atom stereocenters. The highest BCUT2D eigenvalue weighted by Gasteiger charge is 2.41. The first-order valence-corrected chi connectivity index (χ1v) is 8.70. The van der Waals surface area contributed by atoms with Crippen LogP contribution in [-0.4, -0.2) is 89.4 Å². The molecule has 2 fully saturated rings. The monoisotopic (exact) mass is 436 g/mol. The summed E-state index contributed by atoms with van der Waals surface area (Å²) in [5.41, 5.74) is 0.0297. The second-order valence-corrected chi connectivity index (χ2v) is 6.37. The molecule has 0 aromatic heterocycles. The Kier molecular flexibility index (Phi) is 7.64. The molecule has 14 heteroatoms. The molecule has 0 aliphatic carbocycles. The number of carbonyl (C=O) groups excluding carboxylic acids is 4. The summed E-state index contributed by atoms with van der Waals surface area (Å²) in [7, 11) is 0. The van der Waals surface area contributed by atoms with Crippen LogP contribution in [0.15, 0.2) is 16.6 Å². The fraction of sp³-hybridized carbons (Fsp3) is 0.562. The third-order valence-corrected chi connectivity index (χ3v) is 4.22. The number of nitrogens with one attached hydrogen (secondary N) is 2. The molecule has 166 valence electrons. The smallest absolute Gasteiger partial charge is 0.394 e. The van der Waals surface area contributed by atoms with Crippen LogP contribution in [0, 0.1) is 0 Å². The molecular weight excluding hydrogens is 417 g/mol. The Morgan fingerprint density at radius 2 is 2.07 bits per heavy atom. The van der Waals surface area contributed by atoms with Crippen molar-refractivity contribution in [1.82, 2.24) is 15.5 Å². The minimum atomic E-state index is -5.05. The van der Waals surface area contributed by atoms with Crippen LogP contribution in [0.5, 0.6) is 0 Å². The van der Waals surface area contributed by atoms with Crippen molar-refractivity contribution in [3.05, 3.63) is 11.6 Å². The van der Waals surface area contributed by atoms with Gasteiger partial charge in [0.05, 0.1) is 19.3 Å². The molecule has 11 nitrogen and oxygen atoms in total. The maximum atomic E-state index is 12.0. The van der Waals surface area contributed by atoms with Crippen molar-refractivity contribution in [3.8, 4) is 0 Å². The SMILES string of the molecule is O=C(CCNC(=O)C(F)(F)F)N=CC=C1CN([C@H]2C[C@H](O)[C@@H](CO)O2)C(=O)NC1=O. The third kappa shape index (κ3) is 6.08. The van der Waals surface area contributed by atoms with Crippen LogP contribution in [0.3, 0.4) is 0 Å². The average molecular weight is 436 g/mol. The summed E-state index contributed by atoms with van der Waals surface area (Å²) in [4.78, 5) is 50.6. The summed E-state index contributed by atoms with van der Waals surface area (Å²) < 4.78 is 41.4. The summed E-state index contributed by atoms with van der Waals surface area (Å²) in [5.74, 6) is -3.76. The van der Waals surface area contributed by atoms with E-state index in [2.05, 4.69) is 10.3 Å². The molecule has 5 amide bonds. The van der Waals surface area contributed by atoms with Crippen LogP contribution >= 0.6 is 0 Å². The number of hydrogen-bond donors (Lipinski definition) is 4. The van der Waals surface area contributed by atoms with Gasteiger partial charge in [-0.3, -0.25) is 24.6 Å². The number of hydrogen-bond acceptors (Lipinski definition) is 7. The Hall–Kier alpha value is -2.84. The fourth-order valence-electron chi connectivity index (χ4n) is 2.67. The van der Waals surface area contributed by atoms with Gasteiger partial charge in [-0.25, -0.2) is 9.79 Å². The van der Waals surface area contributed by atoms with E-state index in [1.165, 1.54) is 5.32 Å². The lowest BCUT2D eigenvalue weighted by Crippen LogP contribution is -2.54. The highest BCUT2D eigenvalue weighted by Crippen LogP contribution is 2.25. The van der Waals surface area contributed by atoms with Crippen molar-refractivity contribution in [2.24, 2.45) is 4.99 Å². The molecule has 2 aliphatic rings. The average Bonchev–Trinajstić information content (AvgIpc) is 3.03. The molecule has 2 aliphatic heterocycles. The second-order valence-electron chi connectivity index (χ2n) is 6.37. The van der Waals surface area contributed by atoms with E-state index in [1.54, 1.807) is 0 Å². The number of alkyl halides is 3. The molecule has 0 aromatic rings. The number of amides is 5. The van der Waals surface area contributed by atoms with Gasteiger partial charge in [0.2, 0.25) is 5.91 Å². The molecule has 4 N–H and O–H groups in total. The maximum absolute atomic E-state index is 12.0. The molecular formula is C16H19F3N4O7. The number of ether oxygens (including phenoxy) is 1. The molecule has 0 aromatic carbocycles. The van der Waals surface area contributed by atoms with E-state index >= 15 is 0 Å². The molecule has 2 saturated heterocycles. The number of aliphatic hydroxyl groups is 2. The zero-order valence-corrected chi connectivity index (χ0v) is 15.4. The number of aliphatic hydroxyl groups excluding tert-OH is 2. The minimum Gasteiger partial charge on any atom is -0.394 e. The minimum absolute atomic E-state index is 0.0241. The normalized spacial score (nSPS) is 26.4. The number of allylic oxidation sites excluding steroid dienone is 1. The van der Waals surface area contributed by atoms with Crippen LogP contribution in [0.25, 0.3) is 0 Å². The van der Waals surface area contributed by atoms with Gasteiger partial charge >= 0.3 is 18.1 Å². The highest BCUT2D eigenvalue weighted by molar-refractivity contribution is 6.09. The van der Waals surface area contributed by atoms with E-state index < -0.39 is 67.9 Å². The first kappa shape index (κ1) is 23.4. The van der Waals surface area contributed by atoms with Crippen LogP contribution in [0.1, 0.15) is 12.8 Å². The summed E-state index contributed by atoms with van der Waals surface area (Å²) in [5, 5.41) is 22.5. The zero-order chi connectivity index (χ0) is 22.5. The van der Waals surface area contributed by atoms with Gasteiger partial charge in [-0.1, -0.05) is 0 Å². The van der Waals surface area contributed by atoms with E-state index in [4.69, 9.17) is 9.84 Å². The third-order valence-electron chi connectivity index (χ3n) is 4.22. The lowest BCUT2D eigenvalue weighted by atomic mass is 10.1. The predicted octanol–water partition coefficient (Wildman–Crippen LogP) is -1.40. The van der Waals surface area contributed by atoms with Gasteiger partial charge in [0, 0.05) is 31.2 Å². The molecule has 2 heterocycles. The quantitative estimate of drug-likeness (QED) is 0.294. The predicted molar refractivity (Wildman–Crippen MR) is 91.9 cm³/mol. The van der Waals surface area contributed by atoms with Crippen molar-refractivity contribution in [2.45, 2.75) is 37.5 Å². The largest absolute Gasteiger partial charge is 0.471 e. The van der Waals surface area contributed by atoms with Crippen molar-refractivity contribution in [3.63, 3.8) is 0 Å². The lowest BCUT2D eigenvalue weighted by Gasteiger charge is -2.32. The van der Waals surface area contributed by atoms with Gasteiger partial charge in [-0.15, -0.1) is 0 Å². The van der Waals surface area contributed by atoms with Gasteiger partial charge < -0.3 is 20.3 Å². The first-order chi connectivity index (χ1) is 14.0. The van der Waals surface area contributed by atoms with Crippen LogP contribution in [0.4, 0.5) is 18.0 Å². The molecule has 0 radical (unpaired) electrons. The van der Waals surface area contributed by atoms with E-state index in [-0.39, 0.29) is 18.5 Å². The van der Waals surface area contributed by atoms with E-state index in [0.717, 1.165) is 17.2 Å². The van der Waals surface area contributed by atoms with E-state index in [9.17, 15) is 37.5 Å².